The van der Waals surface area contributed by atoms with E-state index in [0.717, 1.165) is 12.0 Å². The van der Waals surface area contributed by atoms with Gasteiger partial charge in [0.05, 0.1) is 0 Å². The number of amides is 2. The van der Waals surface area contributed by atoms with Gasteiger partial charge in [0.1, 0.15) is 5.75 Å². The van der Waals surface area contributed by atoms with Gasteiger partial charge >= 0.3 is 0 Å². The van der Waals surface area contributed by atoms with Crippen LogP contribution < -0.4 is 0 Å². The second-order valence-electron chi connectivity index (χ2n) is 6.62. The summed E-state index contributed by atoms with van der Waals surface area (Å²) >= 11 is 0. The van der Waals surface area contributed by atoms with Crippen LogP contribution in [0.5, 0.6) is 5.75 Å². The highest BCUT2D eigenvalue weighted by Gasteiger charge is 2.31. The van der Waals surface area contributed by atoms with Crippen LogP contribution in [0.2, 0.25) is 0 Å². The van der Waals surface area contributed by atoms with Gasteiger partial charge in [0, 0.05) is 37.7 Å². The van der Waals surface area contributed by atoms with Crippen LogP contribution in [0, 0.1) is 0 Å². The highest BCUT2D eigenvalue weighted by molar-refractivity contribution is 5.95. The molecule has 0 saturated carbocycles. The van der Waals surface area contributed by atoms with Crippen molar-refractivity contribution < 1.29 is 14.7 Å². The fourth-order valence-corrected chi connectivity index (χ4v) is 3.37. The summed E-state index contributed by atoms with van der Waals surface area (Å²) < 4.78 is 0. The minimum atomic E-state index is -0.145. The Morgan fingerprint density at radius 3 is 2.62 bits per heavy atom. The highest BCUT2D eigenvalue weighted by atomic mass is 16.3. The molecule has 0 radical (unpaired) electrons. The molecular weight excluding hydrogens is 328 g/mol. The molecule has 2 aromatic carbocycles. The fraction of sp³-hybridized carbons (Fsp3) is 0.333. The van der Waals surface area contributed by atoms with Gasteiger partial charge in [-0.2, -0.15) is 0 Å². The summed E-state index contributed by atoms with van der Waals surface area (Å²) in [6, 6.07) is 16.3. The molecule has 1 aliphatic heterocycles. The van der Waals surface area contributed by atoms with Crippen molar-refractivity contribution >= 4 is 11.8 Å². The topological polar surface area (TPSA) is 60.9 Å². The maximum Gasteiger partial charge on any atom is 0.254 e. The van der Waals surface area contributed by atoms with Gasteiger partial charge in [-0.1, -0.05) is 43.3 Å². The van der Waals surface area contributed by atoms with Gasteiger partial charge in [-0.15, -0.1) is 0 Å². The quantitative estimate of drug-likeness (QED) is 0.920. The number of phenols is 1. The molecule has 136 valence electrons. The van der Waals surface area contributed by atoms with Crippen LogP contribution in [-0.2, 0) is 11.3 Å². The largest absolute Gasteiger partial charge is 0.508 e. The minimum Gasteiger partial charge on any atom is -0.508 e. The summed E-state index contributed by atoms with van der Waals surface area (Å²) in [6.45, 7) is 3.50. The molecule has 2 aromatic rings. The van der Waals surface area contributed by atoms with Gasteiger partial charge in [0.25, 0.3) is 5.91 Å². The van der Waals surface area contributed by atoms with Gasteiger partial charge in [-0.25, -0.2) is 0 Å². The lowest BCUT2D eigenvalue weighted by Crippen LogP contribution is -2.43. The van der Waals surface area contributed by atoms with Crippen LogP contribution in [-0.4, -0.2) is 45.9 Å². The average molecular weight is 352 g/mol. The van der Waals surface area contributed by atoms with Gasteiger partial charge in [-0.3, -0.25) is 9.59 Å². The van der Waals surface area contributed by atoms with Crippen molar-refractivity contribution in [3.05, 3.63) is 65.7 Å². The smallest absolute Gasteiger partial charge is 0.254 e. The number of carbonyl (C=O) groups is 2. The van der Waals surface area contributed by atoms with Crippen LogP contribution in [0.15, 0.2) is 54.6 Å². The Labute approximate surface area is 153 Å². The zero-order valence-corrected chi connectivity index (χ0v) is 15.0. The number of benzene rings is 2. The molecule has 1 N–H and O–H groups in total. The molecule has 0 aromatic heterocycles. The Morgan fingerprint density at radius 1 is 1.15 bits per heavy atom. The van der Waals surface area contributed by atoms with E-state index in [-0.39, 0.29) is 23.6 Å². The van der Waals surface area contributed by atoms with E-state index in [4.69, 9.17) is 0 Å². The fourth-order valence-electron chi connectivity index (χ4n) is 3.37. The van der Waals surface area contributed by atoms with Crippen molar-refractivity contribution in [1.29, 1.82) is 0 Å². The second-order valence-corrected chi connectivity index (χ2v) is 6.62. The van der Waals surface area contributed by atoms with E-state index < -0.39 is 0 Å². The van der Waals surface area contributed by atoms with E-state index in [1.165, 1.54) is 6.07 Å². The lowest BCUT2D eigenvalue weighted by molar-refractivity contribution is -0.133. The van der Waals surface area contributed by atoms with Crippen molar-refractivity contribution in [1.82, 2.24) is 9.80 Å². The summed E-state index contributed by atoms with van der Waals surface area (Å²) in [4.78, 5) is 29.1. The van der Waals surface area contributed by atoms with Crippen LogP contribution >= 0.6 is 0 Å². The first kappa shape index (κ1) is 18.0. The molecular formula is C21H24N2O3. The van der Waals surface area contributed by atoms with Crippen molar-refractivity contribution in [2.24, 2.45) is 0 Å². The number of aromatic hydroxyl groups is 1. The molecule has 1 atom stereocenters. The molecule has 5 nitrogen and oxygen atoms in total. The molecule has 1 heterocycles. The minimum absolute atomic E-state index is 0.0218. The third kappa shape index (κ3) is 4.04. The monoisotopic (exact) mass is 352 g/mol. The molecule has 26 heavy (non-hydrogen) atoms. The molecule has 1 aliphatic rings. The maximum atomic E-state index is 12.8. The van der Waals surface area contributed by atoms with E-state index in [0.29, 0.717) is 31.6 Å². The van der Waals surface area contributed by atoms with Gasteiger partial charge in [0.2, 0.25) is 5.91 Å². The van der Waals surface area contributed by atoms with Crippen LogP contribution in [0.25, 0.3) is 0 Å². The van der Waals surface area contributed by atoms with E-state index in [9.17, 15) is 14.7 Å². The summed E-state index contributed by atoms with van der Waals surface area (Å²) in [5.41, 5.74) is 1.54. The standard InChI is InChI=1S/C21H24N2O3/c1-2-18-15-22(21(26)17-9-6-10-19(24)13-17)12-11-20(25)23(18)14-16-7-4-3-5-8-16/h3-10,13,18,24H,2,11-12,14-15H2,1H3/t18-/m0/s1. The second kappa shape index (κ2) is 8.04. The third-order valence-corrected chi connectivity index (χ3v) is 4.84. The first-order valence-electron chi connectivity index (χ1n) is 9.00. The Hall–Kier alpha value is -2.82. The van der Waals surface area contributed by atoms with Crippen molar-refractivity contribution in [2.75, 3.05) is 13.1 Å². The number of hydrogen-bond donors (Lipinski definition) is 1. The Kier molecular flexibility index (Phi) is 5.56. The molecule has 1 fully saturated rings. The Morgan fingerprint density at radius 2 is 1.92 bits per heavy atom. The molecule has 0 aliphatic carbocycles. The number of rotatable bonds is 4. The van der Waals surface area contributed by atoms with E-state index in [1.807, 2.05) is 42.2 Å². The number of nitrogens with zero attached hydrogens (tertiary/aromatic N) is 2. The summed E-state index contributed by atoms with van der Waals surface area (Å²) in [6.07, 6.45) is 1.09. The van der Waals surface area contributed by atoms with Gasteiger partial charge in [0.15, 0.2) is 0 Å². The van der Waals surface area contributed by atoms with Crippen molar-refractivity contribution in [3.8, 4) is 5.75 Å². The molecule has 5 heteroatoms. The van der Waals surface area contributed by atoms with Crippen molar-refractivity contribution in [2.45, 2.75) is 32.4 Å². The number of carbonyl (C=O) groups excluding carboxylic acids is 2. The molecule has 1 saturated heterocycles. The van der Waals surface area contributed by atoms with E-state index in [2.05, 4.69) is 0 Å². The molecule has 2 amide bonds. The van der Waals surface area contributed by atoms with Crippen molar-refractivity contribution in [3.63, 3.8) is 0 Å². The zero-order chi connectivity index (χ0) is 18.5. The summed E-state index contributed by atoms with van der Waals surface area (Å²) in [5, 5.41) is 9.63. The molecule has 0 bridgehead atoms. The van der Waals surface area contributed by atoms with E-state index >= 15 is 0 Å². The lowest BCUT2D eigenvalue weighted by atomic mass is 10.1. The van der Waals surface area contributed by atoms with Crippen LogP contribution in [0.3, 0.4) is 0 Å². The predicted octanol–water partition coefficient (Wildman–Crippen LogP) is 3.05. The van der Waals surface area contributed by atoms with Crippen LogP contribution in [0.4, 0.5) is 0 Å². The average Bonchev–Trinajstić information content (AvgIpc) is 2.81. The first-order chi connectivity index (χ1) is 12.6. The third-order valence-electron chi connectivity index (χ3n) is 4.84. The SMILES string of the molecule is CC[C@H]1CN(C(=O)c2cccc(O)c2)CCC(=O)N1Cc1ccccc1. The number of phenolic OH excluding ortho intramolecular Hbond substituents is 1. The highest BCUT2D eigenvalue weighted by Crippen LogP contribution is 2.20. The van der Waals surface area contributed by atoms with Gasteiger partial charge in [-0.05, 0) is 30.2 Å². The first-order valence-corrected chi connectivity index (χ1v) is 9.00. The van der Waals surface area contributed by atoms with E-state index in [1.54, 1.807) is 23.1 Å². The number of hydrogen-bond acceptors (Lipinski definition) is 3. The summed E-state index contributed by atoms with van der Waals surface area (Å²) in [5.74, 6) is 0.000108. The Balaban J connectivity index is 1.78. The van der Waals surface area contributed by atoms with Gasteiger partial charge < -0.3 is 14.9 Å². The summed E-state index contributed by atoms with van der Waals surface area (Å²) in [7, 11) is 0. The lowest BCUT2D eigenvalue weighted by Gasteiger charge is -2.31. The molecule has 0 spiro atoms. The Bertz CT molecular complexity index is 776. The van der Waals surface area contributed by atoms with Crippen LogP contribution in [0.1, 0.15) is 35.7 Å². The molecule has 0 unspecified atom stereocenters. The zero-order valence-electron chi connectivity index (χ0n) is 15.0. The molecule has 3 rings (SSSR count). The predicted molar refractivity (Wildman–Crippen MR) is 99.7 cm³/mol. The maximum absolute atomic E-state index is 12.8. The normalized spacial score (nSPS) is 17.9.